The van der Waals surface area contributed by atoms with Gasteiger partial charge in [-0.25, -0.2) is 4.79 Å². The molecule has 1 heterocycles. The fourth-order valence-electron chi connectivity index (χ4n) is 3.69. The van der Waals surface area contributed by atoms with Crippen molar-refractivity contribution in [3.63, 3.8) is 0 Å². The van der Waals surface area contributed by atoms with Gasteiger partial charge in [-0.1, -0.05) is 41.9 Å². The summed E-state index contributed by atoms with van der Waals surface area (Å²) in [5, 5.41) is 15.0. The zero-order valence-electron chi connectivity index (χ0n) is 16.1. The van der Waals surface area contributed by atoms with Crippen molar-refractivity contribution < 1.29 is 9.90 Å². The number of rotatable bonds is 4. The Morgan fingerprint density at radius 2 is 1.86 bits per heavy atom. The SMILES string of the molecule is CN(C)CC1CN(C(=O)Nc2ccc(Cl)cc2)CCC1(O)c1ccccc1.Cl. The highest BCUT2D eigenvalue weighted by molar-refractivity contribution is 6.30. The smallest absolute Gasteiger partial charge is 0.321 e. The molecule has 7 heteroatoms. The Kier molecular flexibility index (Phi) is 7.72. The van der Waals surface area contributed by atoms with Crippen LogP contribution in [0.3, 0.4) is 0 Å². The third-order valence-corrected chi connectivity index (χ3v) is 5.37. The molecular formula is C21H27Cl2N3O2. The predicted molar refractivity (Wildman–Crippen MR) is 116 cm³/mol. The Morgan fingerprint density at radius 1 is 1.21 bits per heavy atom. The number of hydrogen-bond donors (Lipinski definition) is 2. The largest absolute Gasteiger partial charge is 0.385 e. The number of likely N-dealkylation sites (tertiary alicyclic amines) is 1. The molecule has 2 amide bonds. The van der Waals surface area contributed by atoms with Crippen LogP contribution in [0.5, 0.6) is 0 Å². The minimum Gasteiger partial charge on any atom is -0.385 e. The topological polar surface area (TPSA) is 55.8 Å². The van der Waals surface area contributed by atoms with Crippen molar-refractivity contribution in [2.24, 2.45) is 5.92 Å². The van der Waals surface area contributed by atoms with E-state index in [1.54, 1.807) is 29.2 Å². The number of benzene rings is 2. The molecule has 0 aliphatic carbocycles. The summed E-state index contributed by atoms with van der Waals surface area (Å²) in [5.74, 6) is -0.0837. The van der Waals surface area contributed by atoms with Crippen molar-refractivity contribution in [1.82, 2.24) is 9.80 Å². The molecule has 0 bridgehead atoms. The van der Waals surface area contributed by atoms with Gasteiger partial charge in [0, 0.05) is 36.3 Å². The number of aliphatic hydroxyl groups is 1. The average Bonchev–Trinajstić information content (AvgIpc) is 2.65. The number of carbonyl (C=O) groups is 1. The zero-order valence-corrected chi connectivity index (χ0v) is 17.7. The molecule has 5 nitrogen and oxygen atoms in total. The van der Waals surface area contributed by atoms with Crippen LogP contribution in [-0.2, 0) is 5.60 Å². The van der Waals surface area contributed by atoms with Gasteiger partial charge in [-0.15, -0.1) is 12.4 Å². The fourth-order valence-corrected chi connectivity index (χ4v) is 3.82. The third-order valence-electron chi connectivity index (χ3n) is 5.12. The second-order valence-electron chi connectivity index (χ2n) is 7.38. The van der Waals surface area contributed by atoms with E-state index < -0.39 is 5.60 Å². The van der Waals surface area contributed by atoms with Crippen molar-refractivity contribution in [2.45, 2.75) is 12.0 Å². The number of nitrogens with zero attached hydrogens (tertiary/aromatic N) is 2. The van der Waals surface area contributed by atoms with Crippen LogP contribution in [0.2, 0.25) is 5.02 Å². The monoisotopic (exact) mass is 423 g/mol. The maximum atomic E-state index is 12.7. The van der Waals surface area contributed by atoms with Crippen LogP contribution in [-0.4, -0.2) is 54.7 Å². The number of nitrogens with one attached hydrogen (secondary N) is 1. The number of carbonyl (C=O) groups excluding carboxylic acids is 1. The lowest BCUT2D eigenvalue weighted by atomic mass is 9.75. The van der Waals surface area contributed by atoms with E-state index in [9.17, 15) is 9.90 Å². The van der Waals surface area contributed by atoms with Gasteiger partial charge in [-0.2, -0.15) is 0 Å². The second kappa shape index (κ2) is 9.61. The number of amides is 2. The van der Waals surface area contributed by atoms with Crippen LogP contribution >= 0.6 is 24.0 Å². The average molecular weight is 424 g/mol. The summed E-state index contributed by atoms with van der Waals surface area (Å²) in [7, 11) is 3.97. The van der Waals surface area contributed by atoms with E-state index in [0.29, 0.717) is 36.8 Å². The van der Waals surface area contributed by atoms with Gasteiger partial charge in [0.25, 0.3) is 0 Å². The van der Waals surface area contributed by atoms with Gasteiger partial charge in [0.05, 0.1) is 5.60 Å². The highest BCUT2D eigenvalue weighted by Gasteiger charge is 2.44. The summed E-state index contributed by atoms with van der Waals surface area (Å²) in [6.45, 7) is 1.67. The van der Waals surface area contributed by atoms with E-state index >= 15 is 0 Å². The molecular weight excluding hydrogens is 397 g/mol. The second-order valence-corrected chi connectivity index (χ2v) is 7.82. The summed E-state index contributed by atoms with van der Waals surface area (Å²) in [6, 6.07) is 16.7. The molecule has 2 aromatic carbocycles. The molecule has 1 fully saturated rings. The first-order valence-electron chi connectivity index (χ1n) is 9.12. The van der Waals surface area contributed by atoms with E-state index in [4.69, 9.17) is 11.6 Å². The van der Waals surface area contributed by atoms with Crippen molar-refractivity contribution in [3.05, 3.63) is 65.2 Å². The van der Waals surface area contributed by atoms with Crippen LogP contribution in [0.4, 0.5) is 10.5 Å². The summed E-state index contributed by atoms with van der Waals surface area (Å²) >= 11 is 5.90. The number of hydrogen-bond acceptors (Lipinski definition) is 3. The lowest BCUT2D eigenvalue weighted by Gasteiger charge is -2.45. The van der Waals surface area contributed by atoms with Gasteiger partial charge >= 0.3 is 6.03 Å². The molecule has 28 heavy (non-hydrogen) atoms. The molecule has 2 N–H and O–H groups in total. The van der Waals surface area contributed by atoms with Crippen molar-refractivity contribution in [3.8, 4) is 0 Å². The van der Waals surface area contributed by atoms with E-state index in [2.05, 4.69) is 10.2 Å². The maximum Gasteiger partial charge on any atom is 0.321 e. The predicted octanol–water partition coefficient (Wildman–Crippen LogP) is 4.07. The Balaban J connectivity index is 0.00000280. The quantitative estimate of drug-likeness (QED) is 0.778. The van der Waals surface area contributed by atoms with E-state index in [-0.39, 0.29) is 24.4 Å². The van der Waals surface area contributed by atoms with Crippen LogP contribution in [0.15, 0.2) is 54.6 Å². The van der Waals surface area contributed by atoms with Crippen molar-refractivity contribution in [1.29, 1.82) is 0 Å². The lowest BCUT2D eigenvalue weighted by Crippen LogP contribution is -2.55. The minimum absolute atomic E-state index is 0. The fraction of sp³-hybridized carbons (Fsp3) is 0.381. The van der Waals surface area contributed by atoms with Crippen LogP contribution in [0.1, 0.15) is 12.0 Å². The lowest BCUT2D eigenvalue weighted by molar-refractivity contribution is -0.0749. The summed E-state index contributed by atoms with van der Waals surface area (Å²) in [5.41, 5.74) is 0.676. The summed E-state index contributed by atoms with van der Waals surface area (Å²) in [4.78, 5) is 16.6. The number of piperidine rings is 1. The van der Waals surface area contributed by atoms with Gasteiger partial charge in [0.2, 0.25) is 0 Å². The van der Waals surface area contributed by atoms with E-state index in [1.807, 2.05) is 44.4 Å². The Morgan fingerprint density at radius 3 is 2.46 bits per heavy atom. The molecule has 1 aliphatic heterocycles. The highest BCUT2D eigenvalue weighted by atomic mass is 35.5. The third kappa shape index (κ3) is 5.17. The van der Waals surface area contributed by atoms with Gasteiger partial charge in [0.15, 0.2) is 0 Å². The standard InChI is InChI=1S/C21H26ClN3O2.ClH/c1-24(2)14-17-15-25(20(26)23-19-10-8-18(22)9-11-19)13-12-21(17,27)16-6-4-3-5-7-16;/h3-11,17,27H,12-15H2,1-2H3,(H,23,26);1H. The van der Waals surface area contributed by atoms with Gasteiger partial charge in [0.1, 0.15) is 0 Å². The van der Waals surface area contributed by atoms with E-state index in [1.165, 1.54) is 0 Å². The molecule has 2 unspecified atom stereocenters. The molecule has 1 aliphatic rings. The molecule has 2 aromatic rings. The number of anilines is 1. The van der Waals surface area contributed by atoms with Gasteiger partial charge in [-0.05, 0) is 50.3 Å². The van der Waals surface area contributed by atoms with Crippen LogP contribution in [0.25, 0.3) is 0 Å². The maximum absolute atomic E-state index is 12.7. The molecule has 0 radical (unpaired) electrons. The highest BCUT2D eigenvalue weighted by Crippen LogP contribution is 2.38. The zero-order chi connectivity index (χ0) is 19.4. The van der Waals surface area contributed by atoms with Crippen molar-refractivity contribution in [2.75, 3.05) is 39.0 Å². The normalized spacial score (nSPS) is 21.9. The molecule has 3 rings (SSSR count). The molecule has 1 saturated heterocycles. The van der Waals surface area contributed by atoms with Gasteiger partial charge in [-0.3, -0.25) is 0 Å². The Labute approximate surface area is 177 Å². The first-order valence-corrected chi connectivity index (χ1v) is 9.50. The van der Waals surface area contributed by atoms with E-state index in [0.717, 1.165) is 5.56 Å². The summed E-state index contributed by atoms with van der Waals surface area (Å²) in [6.07, 6.45) is 0.504. The van der Waals surface area contributed by atoms with Crippen LogP contribution < -0.4 is 5.32 Å². The first-order chi connectivity index (χ1) is 12.9. The molecule has 0 aromatic heterocycles. The number of urea groups is 1. The van der Waals surface area contributed by atoms with Crippen molar-refractivity contribution >= 4 is 35.7 Å². The Hall–Kier alpha value is -1.79. The molecule has 2 atom stereocenters. The Bertz CT molecular complexity index is 771. The van der Waals surface area contributed by atoms with Crippen LogP contribution in [0, 0.1) is 5.92 Å². The molecule has 0 saturated carbocycles. The summed E-state index contributed by atoms with van der Waals surface area (Å²) < 4.78 is 0. The minimum atomic E-state index is -0.942. The first kappa shape index (κ1) is 22.5. The molecule has 0 spiro atoms. The van der Waals surface area contributed by atoms with Gasteiger partial charge < -0.3 is 20.2 Å². The number of halogens is 2. The molecule has 152 valence electrons.